The number of likely N-dealkylation sites (tertiary alicyclic amines) is 1. The van der Waals surface area contributed by atoms with E-state index >= 15 is 0 Å². The standard InChI is InChI=1S/C20H21ClN2O4/c1-27-16-4-2-3-13(9-16)10-22-19(24)18-12-23(20(25)26)11-17(18)14-5-7-15(21)8-6-14/h2-9,17-18H,10-12H2,1H3,(H,22,24)(H,25,26). The van der Waals surface area contributed by atoms with Gasteiger partial charge < -0.3 is 20.1 Å². The molecule has 27 heavy (non-hydrogen) atoms. The molecule has 2 N–H and O–H groups in total. The first-order valence-electron chi connectivity index (χ1n) is 8.62. The molecular formula is C20H21ClN2O4. The summed E-state index contributed by atoms with van der Waals surface area (Å²) in [6.45, 7) is 0.813. The van der Waals surface area contributed by atoms with Gasteiger partial charge in [0.2, 0.25) is 5.91 Å². The third-order valence-corrected chi connectivity index (χ3v) is 5.08. The van der Waals surface area contributed by atoms with E-state index in [1.165, 1.54) is 4.90 Å². The molecule has 3 rings (SSSR count). The molecule has 2 unspecified atom stereocenters. The second kappa shape index (κ2) is 8.31. The Hall–Kier alpha value is -2.73. The molecule has 142 valence electrons. The van der Waals surface area contributed by atoms with Gasteiger partial charge in [-0.2, -0.15) is 0 Å². The highest BCUT2D eigenvalue weighted by atomic mass is 35.5. The average molecular weight is 389 g/mol. The predicted octanol–water partition coefficient (Wildman–Crippen LogP) is 3.36. The van der Waals surface area contributed by atoms with Crippen LogP contribution < -0.4 is 10.1 Å². The molecule has 7 heteroatoms. The number of carbonyl (C=O) groups excluding carboxylic acids is 1. The van der Waals surface area contributed by atoms with E-state index < -0.39 is 12.0 Å². The Labute approximate surface area is 162 Å². The lowest BCUT2D eigenvalue weighted by Crippen LogP contribution is -2.35. The van der Waals surface area contributed by atoms with Crippen LogP contribution in [0.2, 0.25) is 5.02 Å². The smallest absolute Gasteiger partial charge is 0.407 e. The molecule has 1 aliphatic rings. The quantitative estimate of drug-likeness (QED) is 0.823. The molecule has 0 radical (unpaired) electrons. The Morgan fingerprint density at radius 2 is 1.96 bits per heavy atom. The fourth-order valence-electron chi connectivity index (χ4n) is 3.38. The van der Waals surface area contributed by atoms with Crippen LogP contribution in [-0.4, -0.2) is 42.2 Å². The fraction of sp³-hybridized carbons (Fsp3) is 0.300. The Bertz CT molecular complexity index is 825. The molecule has 0 bridgehead atoms. The zero-order valence-corrected chi connectivity index (χ0v) is 15.6. The summed E-state index contributed by atoms with van der Waals surface area (Å²) in [4.78, 5) is 25.5. The first-order chi connectivity index (χ1) is 13.0. The van der Waals surface area contributed by atoms with Crippen molar-refractivity contribution in [2.45, 2.75) is 12.5 Å². The average Bonchev–Trinajstić information content (AvgIpc) is 3.13. The number of carbonyl (C=O) groups is 2. The molecular weight excluding hydrogens is 368 g/mol. The number of halogens is 1. The second-order valence-corrected chi connectivity index (χ2v) is 6.96. The molecule has 1 fully saturated rings. The molecule has 0 saturated carbocycles. The summed E-state index contributed by atoms with van der Waals surface area (Å²) in [6, 6.07) is 14.7. The number of benzene rings is 2. The van der Waals surface area contributed by atoms with Crippen LogP contribution in [-0.2, 0) is 11.3 Å². The molecule has 6 nitrogen and oxygen atoms in total. The Morgan fingerprint density at radius 3 is 2.63 bits per heavy atom. The number of hydrogen-bond acceptors (Lipinski definition) is 3. The van der Waals surface area contributed by atoms with Gasteiger partial charge in [-0.15, -0.1) is 0 Å². The molecule has 2 aromatic rings. The van der Waals surface area contributed by atoms with Crippen LogP contribution in [0.4, 0.5) is 4.79 Å². The SMILES string of the molecule is COc1cccc(CNC(=O)C2CN(C(=O)O)CC2c2ccc(Cl)cc2)c1. The molecule has 0 spiro atoms. The van der Waals surface area contributed by atoms with Crippen LogP contribution in [0.3, 0.4) is 0 Å². The highest BCUT2D eigenvalue weighted by molar-refractivity contribution is 6.30. The van der Waals surface area contributed by atoms with Crippen LogP contribution in [0.15, 0.2) is 48.5 Å². The molecule has 1 saturated heterocycles. The van der Waals surface area contributed by atoms with Gasteiger partial charge in [-0.1, -0.05) is 35.9 Å². The lowest BCUT2D eigenvalue weighted by Gasteiger charge is -2.18. The lowest BCUT2D eigenvalue weighted by atomic mass is 9.88. The molecule has 1 heterocycles. The number of rotatable bonds is 5. The summed E-state index contributed by atoms with van der Waals surface area (Å²) in [6.07, 6.45) is -1.02. The molecule has 2 amide bonds. The van der Waals surface area contributed by atoms with Crippen molar-refractivity contribution >= 4 is 23.6 Å². The van der Waals surface area contributed by atoms with E-state index in [1.807, 2.05) is 36.4 Å². The molecule has 1 aliphatic heterocycles. The van der Waals surface area contributed by atoms with Crippen molar-refractivity contribution in [2.24, 2.45) is 5.92 Å². The summed E-state index contributed by atoms with van der Waals surface area (Å²) in [5, 5.41) is 12.9. The minimum absolute atomic E-state index is 0.165. The number of carboxylic acid groups (broad SMARTS) is 1. The summed E-state index contributed by atoms with van der Waals surface area (Å²) >= 11 is 5.94. The van der Waals surface area contributed by atoms with Crippen molar-refractivity contribution in [3.05, 3.63) is 64.7 Å². The first-order valence-corrected chi connectivity index (χ1v) is 8.99. The number of ether oxygens (including phenoxy) is 1. The largest absolute Gasteiger partial charge is 0.497 e. The number of amides is 2. The molecule has 2 aromatic carbocycles. The summed E-state index contributed by atoms with van der Waals surface area (Å²) in [5.74, 6) is -0.100. The van der Waals surface area contributed by atoms with Crippen LogP contribution in [0.1, 0.15) is 17.0 Å². The normalized spacial score (nSPS) is 19.0. The van der Waals surface area contributed by atoms with Crippen molar-refractivity contribution in [2.75, 3.05) is 20.2 Å². The van der Waals surface area contributed by atoms with Gasteiger partial charge in [-0.25, -0.2) is 4.79 Å². The van der Waals surface area contributed by atoms with Gasteiger partial charge in [0.1, 0.15) is 5.75 Å². The Kier molecular flexibility index (Phi) is 5.86. The molecule has 0 aliphatic carbocycles. The third-order valence-electron chi connectivity index (χ3n) is 4.83. The topological polar surface area (TPSA) is 78.9 Å². The summed E-state index contributed by atoms with van der Waals surface area (Å²) < 4.78 is 5.19. The number of hydrogen-bond donors (Lipinski definition) is 2. The van der Waals surface area contributed by atoms with Crippen molar-refractivity contribution in [1.82, 2.24) is 10.2 Å². The van der Waals surface area contributed by atoms with E-state index in [0.29, 0.717) is 11.6 Å². The van der Waals surface area contributed by atoms with Gasteiger partial charge in [0, 0.05) is 30.6 Å². The number of nitrogens with one attached hydrogen (secondary N) is 1. The van der Waals surface area contributed by atoms with E-state index in [1.54, 1.807) is 19.2 Å². The fourth-order valence-corrected chi connectivity index (χ4v) is 3.50. The zero-order valence-electron chi connectivity index (χ0n) is 14.9. The maximum Gasteiger partial charge on any atom is 0.407 e. The Balaban J connectivity index is 1.73. The highest BCUT2D eigenvalue weighted by Crippen LogP contribution is 2.33. The maximum absolute atomic E-state index is 12.8. The van der Waals surface area contributed by atoms with Crippen molar-refractivity contribution in [3.8, 4) is 5.75 Å². The monoisotopic (exact) mass is 388 g/mol. The van der Waals surface area contributed by atoms with Gasteiger partial charge in [-0.3, -0.25) is 4.79 Å². The van der Waals surface area contributed by atoms with Crippen LogP contribution in [0, 0.1) is 5.92 Å². The van der Waals surface area contributed by atoms with Gasteiger partial charge in [0.05, 0.1) is 13.0 Å². The maximum atomic E-state index is 12.8. The lowest BCUT2D eigenvalue weighted by molar-refractivity contribution is -0.125. The van der Waals surface area contributed by atoms with Crippen molar-refractivity contribution < 1.29 is 19.4 Å². The van der Waals surface area contributed by atoms with E-state index in [-0.39, 0.29) is 24.9 Å². The first kappa shape index (κ1) is 19.0. The van der Waals surface area contributed by atoms with E-state index in [2.05, 4.69) is 5.32 Å². The van der Waals surface area contributed by atoms with Crippen LogP contribution >= 0.6 is 11.6 Å². The third kappa shape index (κ3) is 4.52. The summed E-state index contributed by atoms with van der Waals surface area (Å²) in [7, 11) is 1.59. The van der Waals surface area contributed by atoms with Gasteiger partial charge in [0.25, 0.3) is 0 Å². The van der Waals surface area contributed by atoms with E-state index in [0.717, 1.165) is 16.9 Å². The number of methoxy groups -OCH3 is 1. The predicted molar refractivity (Wildman–Crippen MR) is 102 cm³/mol. The number of nitrogens with zero attached hydrogens (tertiary/aromatic N) is 1. The minimum Gasteiger partial charge on any atom is -0.497 e. The van der Waals surface area contributed by atoms with E-state index in [4.69, 9.17) is 16.3 Å². The zero-order chi connectivity index (χ0) is 19.4. The van der Waals surface area contributed by atoms with E-state index in [9.17, 15) is 14.7 Å². The molecule has 0 aromatic heterocycles. The van der Waals surface area contributed by atoms with Crippen molar-refractivity contribution in [3.63, 3.8) is 0 Å². The van der Waals surface area contributed by atoms with Crippen LogP contribution in [0.5, 0.6) is 5.75 Å². The van der Waals surface area contributed by atoms with Gasteiger partial charge >= 0.3 is 6.09 Å². The van der Waals surface area contributed by atoms with Crippen LogP contribution in [0.25, 0.3) is 0 Å². The highest BCUT2D eigenvalue weighted by Gasteiger charge is 2.40. The minimum atomic E-state index is -1.02. The summed E-state index contributed by atoms with van der Waals surface area (Å²) in [5.41, 5.74) is 1.82. The van der Waals surface area contributed by atoms with Crippen molar-refractivity contribution in [1.29, 1.82) is 0 Å². The Morgan fingerprint density at radius 1 is 1.22 bits per heavy atom. The molecule has 2 atom stereocenters. The second-order valence-electron chi connectivity index (χ2n) is 6.52. The van der Waals surface area contributed by atoms with Gasteiger partial charge in [-0.05, 0) is 35.4 Å². The van der Waals surface area contributed by atoms with Gasteiger partial charge in [0.15, 0.2) is 0 Å².